The van der Waals surface area contributed by atoms with Crippen molar-refractivity contribution in [2.24, 2.45) is 0 Å². The molecule has 0 bridgehead atoms. The van der Waals surface area contributed by atoms with Gasteiger partial charge in [-0.3, -0.25) is 14.2 Å². The van der Waals surface area contributed by atoms with E-state index >= 15 is 0 Å². The molecule has 0 spiro atoms. The normalized spacial score (nSPS) is 10.4. The molecule has 0 saturated carbocycles. The van der Waals surface area contributed by atoms with Crippen LogP contribution in [0.4, 0.5) is 0 Å². The second-order valence-electron chi connectivity index (χ2n) is 4.19. The maximum atomic E-state index is 11.9. The number of thiophene rings is 1. The monoisotopic (exact) mass is 277 g/mol. The highest BCUT2D eigenvalue weighted by atomic mass is 32.1. The molecule has 0 aliphatic heterocycles. The standard InChI is InChI=1S/C13H15N3O2S/c1-9-10(2)15-8-16(13(9)18)6-5-14-12(17)11-4-3-7-19-11/h3-4,7-8H,5-6H2,1-2H3,(H,14,17). The van der Waals surface area contributed by atoms with Crippen molar-refractivity contribution in [3.8, 4) is 0 Å². The Morgan fingerprint density at radius 3 is 2.95 bits per heavy atom. The first kappa shape index (κ1) is 13.5. The summed E-state index contributed by atoms with van der Waals surface area (Å²) in [7, 11) is 0. The lowest BCUT2D eigenvalue weighted by atomic mass is 10.3. The highest BCUT2D eigenvalue weighted by Gasteiger charge is 2.06. The lowest BCUT2D eigenvalue weighted by Gasteiger charge is -2.08. The number of carbonyl (C=O) groups is 1. The summed E-state index contributed by atoms with van der Waals surface area (Å²) >= 11 is 1.39. The molecule has 0 aromatic carbocycles. The number of aryl methyl sites for hydroxylation is 1. The van der Waals surface area contributed by atoms with Crippen LogP contribution in [0.5, 0.6) is 0 Å². The van der Waals surface area contributed by atoms with E-state index in [-0.39, 0.29) is 11.5 Å². The molecule has 1 amide bonds. The number of nitrogens with one attached hydrogen (secondary N) is 1. The third-order valence-electron chi connectivity index (χ3n) is 2.90. The molecule has 0 fully saturated rings. The van der Waals surface area contributed by atoms with E-state index in [2.05, 4.69) is 10.3 Å². The molecule has 0 aliphatic rings. The zero-order valence-corrected chi connectivity index (χ0v) is 11.7. The van der Waals surface area contributed by atoms with Crippen LogP contribution in [0.2, 0.25) is 0 Å². The Morgan fingerprint density at radius 1 is 1.47 bits per heavy atom. The van der Waals surface area contributed by atoms with Crippen molar-refractivity contribution in [2.45, 2.75) is 20.4 Å². The van der Waals surface area contributed by atoms with Crippen LogP contribution in [-0.2, 0) is 6.54 Å². The van der Waals surface area contributed by atoms with Gasteiger partial charge in [-0.05, 0) is 25.3 Å². The zero-order chi connectivity index (χ0) is 13.8. The summed E-state index contributed by atoms with van der Waals surface area (Å²) in [6.45, 7) is 4.38. The van der Waals surface area contributed by atoms with Crippen molar-refractivity contribution in [1.82, 2.24) is 14.9 Å². The summed E-state index contributed by atoms with van der Waals surface area (Å²) in [6, 6.07) is 3.60. The van der Waals surface area contributed by atoms with E-state index in [1.807, 2.05) is 11.4 Å². The van der Waals surface area contributed by atoms with Crippen molar-refractivity contribution in [3.63, 3.8) is 0 Å². The molecule has 0 aliphatic carbocycles. The third-order valence-corrected chi connectivity index (χ3v) is 3.77. The molecule has 5 nitrogen and oxygen atoms in total. The molecule has 0 radical (unpaired) electrons. The maximum Gasteiger partial charge on any atom is 0.261 e. The van der Waals surface area contributed by atoms with E-state index < -0.39 is 0 Å². The maximum absolute atomic E-state index is 11.9. The van der Waals surface area contributed by atoms with Crippen molar-refractivity contribution in [2.75, 3.05) is 6.54 Å². The van der Waals surface area contributed by atoms with Gasteiger partial charge in [0.2, 0.25) is 0 Å². The summed E-state index contributed by atoms with van der Waals surface area (Å²) < 4.78 is 1.51. The lowest BCUT2D eigenvalue weighted by Crippen LogP contribution is -2.31. The Balaban J connectivity index is 1.95. The Hall–Kier alpha value is -1.95. The number of carbonyl (C=O) groups excluding carboxylic acids is 1. The molecule has 2 aromatic heterocycles. The van der Waals surface area contributed by atoms with Gasteiger partial charge in [0.25, 0.3) is 11.5 Å². The van der Waals surface area contributed by atoms with Gasteiger partial charge in [-0.2, -0.15) is 0 Å². The summed E-state index contributed by atoms with van der Waals surface area (Å²) in [5, 5.41) is 4.63. The van der Waals surface area contributed by atoms with Gasteiger partial charge in [-0.25, -0.2) is 4.98 Å². The minimum atomic E-state index is -0.111. The Kier molecular flexibility index (Phi) is 4.11. The van der Waals surface area contributed by atoms with Gasteiger partial charge in [-0.1, -0.05) is 6.07 Å². The van der Waals surface area contributed by atoms with Crippen LogP contribution in [0.1, 0.15) is 20.9 Å². The third kappa shape index (κ3) is 3.08. The molecule has 0 unspecified atom stereocenters. The van der Waals surface area contributed by atoms with Crippen LogP contribution in [0, 0.1) is 13.8 Å². The molecule has 0 atom stereocenters. The molecule has 0 saturated heterocycles. The fourth-order valence-corrected chi connectivity index (χ4v) is 2.26. The Morgan fingerprint density at radius 2 is 2.26 bits per heavy atom. The predicted molar refractivity (Wildman–Crippen MR) is 74.6 cm³/mol. The first-order chi connectivity index (χ1) is 9.09. The molecule has 6 heteroatoms. The van der Waals surface area contributed by atoms with Gasteiger partial charge in [0, 0.05) is 24.3 Å². The van der Waals surface area contributed by atoms with Crippen molar-refractivity contribution >= 4 is 17.2 Å². The minimum Gasteiger partial charge on any atom is -0.350 e. The lowest BCUT2D eigenvalue weighted by molar-refractivity contribution is 0.0956. The topological polar surface area (TPSA) is 64.0 Å². The Bertz CT molecular complexity index is 632. The largest absolute Gasteiger partial charge is 0.350 e. The van der Waals surface area contributed by atoms with Crippen LogP contribution in [0.3, 0.4) is 0 Å². The number of rotatable bonds is 4. The van der Waals surface area contributed by atoms with E-state index in [0.717, 1.165) is 5.69 Å². The van der Waals surface area contributed by atoms with E-state index in [4.69, 9.17) is 0 Å². The van der Waals surface area contributed by atoms with Gasteiger partial charge >= 0.3 is 0 Å². The first-order valence-electron chi connectivity index (χ1n) is 5.94. The predicted octanol–water partition coefficient (Wildman–Crippen LogP) is 1.35. The van der Waals surface area contributed by atoms with Crippen molar-refractivity contribution < 1.29 is 4.79 Å². The molecule has 2 aromatic rings. The second-order valence-corrected chi connectivity index (χ2v) is 5.13. The minimum absolute atomic E-state index is 0.0575. The zero-order valence-electron chi connectivity index (χ0n) is 10.8. The summed E-state index contributed by atoms with van der Waals surface area (Å²) in [5.41, 5.74) is 1.33. The average Bonchev–Trinajstić information content (AvgIpc) is 2.92. The van der Waals surface area contributed by atoms with Gasteiger partial charge in [0.1, 0.15) is 0 Å². The molecule has 19 heavy (non-hydrogen) atoms. The molecular weight excluding hydrogens is 262 g/mol. The molecular formula is C13H15N3O2S. The summed E-state index contributed by atoms with van der Waals surface area (Å²) in [4.78, 5) is 28.4. The van der Waals surface area contributed by atoms with Crippen LogP contribution < -0.4 is 10.9 Å². The smallest absolute Gasteiger partial charge is 0.261 e. The van der Waals surface area contributed by atoms with Crippen molar-refractivity contribution in [1.29, 1.82) is 0 Å². The van der Waals surface area contributed by atoms with Crippen LogP contribution in [-0.4, -0.2) is 22.0 Å². The number of hydrogen-bond acceptors (Lipinski definition) is 4. The molecule has 1 N–H and O–H groups in total. The van der Waals surface area contributed by atoms with E-state index in [1.54, 1.807) is 19.9 Å². The number of amides is 1. The van der Waals surface area contributed by atoms with Crippen LogP contribution >= 0.6 is 11.3 Å². The number of nitrogens with zero attached hydrogens (tertiary/aromatic N) is 2. The van der Waals surface area contributed by atoms with E-state index in [9.17, 15) is 9.59 Å². The quantitative estimate of drug-likeness (QED) is 0.917. The number of aromatic nitrogens is 2. The summed E-state index contributed by atoms with van der Waals surface area (Å²) in [5.74, 6) is -0.111. The van der Waals surface area contributed by atoms with E-state index in [1.165, 1.54) is 22.2 Å². The highest BCUT2D eigenvalue weighted by Crippen LogP contribution is 2.07. The first-order valence-corrected chi connectivity index (χ1v) is 6.82. The SMILES string of the molecule is Cc1ncn(CCNC(=O)c2cccs2)c(=O)c1C. The number of hydrogen-bond donors (Lipinski definition) is 1. The summed E-state index contributed by atoms with van der Waals surface area (Å²) in [6.07, 6.45) is 1.52. The fourth-order valence-electron chi connectivity index (χ4n) is 1.62. The second kappa shape index (κ2) is 5.79. The molecule has 100 valence electrons. The Labute approximate surface area is 114 Å². The molecule has 2 heterocycles. The van der Waals surface area contributed by atoms with Crippen molar-refractivity contribution in [3.05, 3.63) is 50.3 Å². The van der Waals surface area contributed by atoms with Gasteiger partial charge in [0.05, 0.1) is 11.2 Å². The molecule has 2 rings (SSSR count). The van der Waals surface area contributed by atoms with Crippen LogP contribution in [0.25, 0.3) is 0 Å². The van der Waals surface area contributed by atoms with E-state index in [0.29, 0.717) is 23.5 Å². The average molecular weight is 277 g/mol. The van der Waals surface area contributed by atoms with Crippen LogP contribution in [0.15, 0.2) is 28.6 Å². The fraction of sp³-hybridized carbons (Fsp3) is 0.308. The van der Waals surface area contributed by atoms with Gasteiger partial charge in [0.15, 0.2) is 0 Å². The highest BCUT2D eigenvalue weighted by molar-refractivity contribution is 7.12. The van der Waals surface area contributed by atoms with Gasteiger partial charge in [-0.15, -0.1) is 11.3 Å². The van der Waals surface area contributed by atoms with Gasteiger partial charge < -0.3 is 5.32 Å².